The van der Waals surface area contributed by atoms with Gasteiger partial charge >= 0.3 is 7.12 Å². The van der Waals surface area contributed by atoms with Gasteiger partial charge < -0.3 is 9.31 Å². The maximum atomic E-state index is 5.81. The van der Waals surface area contributed by atoms with Crippen molar-refractivity contribution in [3.63, 3.8) is 0 Å². The molecule has 0 bridgehead atoms. The molecule has 0 spiro atoms. The first-order valence-electron chi connectivity index (χ1n) is 7.15. The second-order valence-electron chi connectivity index (χ2n) is 5.31. The quantitative estimate of drug-likeness (QED) is 0.678. The van der Waals surface area contributed by atoms with Crippen LogP contribution in [0.5, 0.6) is 0 Å². The molecule has 2 atom stereocenters. The first-order chi connectivity index (χ1) is 7.92. The highest BCUT2D eigenvalue weighted by atomic mass is 16.6. The van der Waals surface area contributed by atoms with Crippen molar-refractivity contribution in [2.45, 2.75) is 64.1 Å². The molecule has 3 heteroatoms. The monoisotopic (exact) mass is 224 g/mol. The van der Waals surface area contributed by atoms with Gasteiger partial charge in [-0.3, -0.25) is 0 Å². The molecule has 16 heavy (non-hydrogen) atoms. The van der Waals surface area contributed by atoms with Crippen molar-refractivity contribution in [1.82, 2.24) is 0 Å². The van der Waals surface area contributed by atoms with Gasteiger partial charge in [0.05, 0.1) is 0 Å². The topological polar surface area (TPSA) is 18.5 Å². The normalized spacial score (nSPS) is 31.7. The lowest BCUT2D eigenvalue weighted by molar-refractivity contribution is 0.113. The third-order valence-electron chi connectivity index (χ3n) is 4.10. The van der Waals surface area contributed by atoms with E-state index in [2.05, 4.69) is 6.92 Å². The predicted octanol–water partition coefficient (Wildman–Crippen LogP) is 3.66. The molecular weight excluding hydrogens is 199 g/mol. The van der Waals surface area contributed by atoms with Crippen LogP contribution in [0.15, 0.2) is 0 Å². The van der Waals surface area contributed by atoms with Crippen LogP contribution in [0, 0.1) is 5.92 Å². The maximum Gasteiger partial charge on any atom is 0.460 e. The van der Waals surface area contributed by atoms with E-state index >= 15 is 0 Å². The molecule has 0 radical (unpaired) electrons. The summed E-state index contributed by atoms with van der Waals surface area (Å²) in [6.07, 6.45) is 10.6. The van der Waals surface area contributed by atoms with Crippen molar-refractivity contribution in [2.24, 2.45) is 5.92 Å². The van der Waals surface area contributed by atoms with Crippen LogP contribution in [0.3, 0.4) is 0 Å². The van der Waals surface area contributed by atoms with Gasteiger partial charge in [-0.15, -0.1) is 0 Å². The number of hydrogen-bond acceptors (Lipinski definition) is 2. The molecular formula is C13H25BO2. The smallest absolute Gasteiger partial charge is 0.411 e. The van der Waals surface area contributed by atoms with Gasteiger partial charge in [0.2, 0.25) is 0 Å². The first-order valence-corrected chi connectivity index (χ1v) is 7.15. The predicted molar refractivity (Wildman–Crippen MR) is 67.5 cm³/mol. The van der Waals surface area contributed by atoms with E-state index in [4.69, 9.17) is 9.31 Å². The molecule has 1 aliphatic carbocycles. The Balaban J connectivity index is 1.86. The van der Waals surface area contributed by atoms with Gasteiger partial charge in [0.25, 0.3) is 0 Å². The van der Waals surface area contributed by atoms with Gasteiger partial charge in [-0.1, -0.05) is 51.9 Å². The molecule has 0 aromatic rings. The van der Waals surface area contributed by atoms with Crippen molar-refractivity contribution < 1.29 is 9.31 Å². The number of hydrogen-bond donors (Lipinski definition) is 0. The lowest BCUT2D eigenvalue weighted by atomic mass is 9.58. The second kappa shape index (κ2) is 6.66. The minimum atomic E-state index is 0.121. The fraction of sp³-hybridized carbons (Fsp3) is 1.00. The summed E-state index contributed by atoms with van der Waals surface area (Å²) in [7, 11) is 0.121. The summed E-state index contributed by atoms with van der Waals surface area (Å²) >= 11 is 0. The Kier molecular flexibility index (Phi) is 5.18. The lowest BCUT2D eigenvalue weighted by Gasteiger charge is -2.35. The molecule has 2 nitrogen and oxygen atoms in total. The van der Waals surface area contributed by atoms with Crippen LogP contribution in [0.25, 0.3) is 0 Å². The lowest BCUT2D eigenvalue weighted by Crippen LogP contribution is -2.38. The first kappa shape index (κ1) is 12.4. The van der Waals surface area contributed by atoms with Crippen molar-refractivity contribution in [2.75, 3.05) is 13.2 Å². The molecule has 92 valence electrons. The van der Waals surface area contributed by atoms with E-state index in [1.165, 1.54) is 44.9 Å². The number of rotatable bonds is 4. The van der Waals surface area contributed by atoms with Crippen molar-refractivity contribution in [1.29, 1.82) is 0 Å². The zero-order chi connectivity index (χ0) is 11.2. The SMILES string of the molecule is CCCC[C@@H]1CCCC[C@H]1B1OCCCO1. The van der Waals surface area contributed by atoms with E-state index in [0.717, 1.165) is 25.6 Å². The highest BCUT2D eigenvalue weighted by Gasteiger charge is 2.38. The van der Waals surface area contributed by atoms with Gasteiger partial charge in [0, 0.05) is 13.2 Å². The average molecular weight is 224 g/mol. The van der Waals surface area contributed by atoms with Crippen molar-refractivity contribution in [3.05, 3.63) is 0 Å². The standard InChI is InChI=1S/C13H25BO2/c1-2-3-7-12-8-4-5-9-13(12)14-15-10-6-11-16-14/h12-13H,2-11H2,1H3/t12-,13-/m1/s1. The van der Waals surface area contributed by atoms with E-state index in [1.54, 1.807) is 0 Å². The van der Waals surface area contributed by atoms with E-state index < -0.39 is 0 Å². The van der Waals surface area contributed by atoms with E-state index in [1.807, 2.05) is 0 Å². The van der Waals surface area contributed by atoms with Gasteiger partial charge in [0.1, 0.15) is 0 Å². The van der Waals surface area contributed by atoms with Gasteiger partial charge in [0.15, 0.2) is 0 Å². The Labute approximate surface area is 100 Å². The minimum Gasteiger partial charge on any atom is -0.411 e. The Hall–Kier alpha value is -0.0151. The molecule has 0 N–H and O–H groups in total. The minimum absolute atomic E-state index is 0.121. The van der Waals surface area contributed by atoms with Crippen LogP contribution >= 0.6 is 0 Å². The largest absolute Gasteiger partial charge is 0.460 e. The van der Waals surface area contributed by atoms with Gasteiger partial charge in [-0.25, -0.2) is 0 Å². The fourth-order valence-corrected chi connectivity index (χ4v) is 3.17. The summed E-state index contributed by atoms with van der Waals surface area (Å²) in [5, 5.41) is 0. The third kappa shape index (κ3) is 3.24. The van der Waals surface area contributed by atoms with Gasteiger partial charge in [-0.2, -0.15) is 0 Å². The molecule has 0 aromatic carbocycles. The highest BCUT2D eigenvalue weighted by Crippen LogP contribution is 2.40. The molecule has 1 heterocycles. The average Bonchev–Trinajstić information content (AvgIpc) is 2.38. The molecule has 2 fully saturated rings. The molecule has 1 saturated carbocycles. The summed E-state index contributed by atoms with van der Waals surface area (Å²) < 4.78 is 11.6. The van der Waals surface area contributed by atoms with Crippen LogP contribution in [0.1, 0.15) is 58.3 Å². The van der Waals surface area contributed by atoms with E-state index in [0.29, 0.717) is 5.82 Å². The molecule has 2 aliphatic rings. The summed E-state index contributed by atoms with van der Waals surface area (Å²) in [4.78, 5) is 0. The van der Waals surface area contributed by atoms with Crippen LogP contribution < -0.4 is 0 Å². The summed E-state index contributed by atoms with van der Waals surface area (Å²) in [5.41, 5.74) is 0. The Morgan fingerprint density at radius 1 is 1.06 bits per heavy atom. The zero-order valence-electron chi connectivity index (χ0n) is 10.6. The summed E-state index contributed by atoms with van der Waals surface area (Å²) in [5.74, 6) is 1.54. The molecule has 2 rings (SSSR count). The van der Waals surface area contributed by atoms with Crippen LogP contribution in [0.4, 0.5) is 0 Å². The Morgan fingerprint density at radius 3 is 2.56 bits per heavy atom. The van der Waals surface area contributed by atoms with Gasteiger partial charge in [-0.05, 0) is 18.2 Å². The van der Waals surface area contributed by atoms with Crippen LogP contribution in [-0.4, -0.2) is 20.3 Å². The zero-order valence-corrected chi connectivity index (χ0v) is 10.6. The van der Waals surface area contributed by atoms with Crippen molar-refractivity contribution >= 4 is 7.12 Å². The molecule has 1 saturated heterocycles. The molecule has 0 amide bonds. The second-order valence-corrected chi connectivity index (χ2v) is 5.31. The van der Waals surface area contributed by atoms with E-state index in [-0.39, 0.29) is 7.12 Å². The Bertz CT molecular complexity index is 192. The molecule has 1 aliphatic heterocycles. The van der Waals surface area contributed by atoms with Crippen LogP contribution in [-0.2, 0) is 9.31 Å². The molecule has 0 aromatic heterocycles. The van der Waals surface area contributed by atoms with Crippen molar-refractivity contribution in [3.8, 4) is 0 Å². The highest BCUT2D eigenvalue weighted by molar-refractivity contribution is 6.46. The number of unbranched alkanes of at least 4 members (excludes halogenated alkanes) is 1. The molecule has 0 unspecified atom stereocenters. The fourth-order valence-electron chi connectivity index (χ4n) is 3.17. The summed E-state index contributed by atoms with van der Waals surface area (Å²) in [6.45, 7) is 4.09. The maximum absolute atomic E-state index is 5.81. The van der Waals surface area contributed by atoms with E-state index in [9.17, 15) is 0 Å². The summed E-state index contributed by atoms with van der Waals surface area (Å²) in [6, 6.07) is 0. The van der Waals surface area contributed by atoms with Crippen LogP contribution in [0.2, 0.25) is 5.82 Å². The third-order valence-corrected chi connectivity index (χ3v) is 4.10. The Morgan fingerprint density at radius 2 is 1.81 bits per heavy atom.